The molecule has 0 saturated heterocycles. The summed E-state index contributed by atoms with van der Waals surface area (Å²) in [4.78, 5) is 0. The molecule has 0 aliphatic heterocycles. The Hall–Kier alpha value is -0.920. The molecule has 0 nitrogen and oxygen atoms in total. The van der Waals surface area contributed by atoms with Gasteiger partial charge < -0.3 is 0 Å². The highest BCUT2D eigenvalue weighted by Crippen LogP contribution is 2.48. The maximum Gasteiger partial charge on any atom is 0.136 e. The van der Waals surface area contributed by atoms with Gasteiger partial charge in [0.25, 0.3) is 0 Å². The van der Waals surface area contributed by atoms with Crippen molar-refractivity contribution in [2.24, 2.45) is 5.92 Å². The summed E-state index contributed by atoms with van der Waals surface area (Å²) in [6, 6.07) is 4.65. The minimum absolute atomic E-state index is 0.0781. The van der Waals surface area contributed by atoms with Gasteiger partial charge in [0, 0.05) is 0 Å². The van der Waals surface area contributed by atoms with Crippen molar-refractivity contribution in [3.05, 3.63) is 35.1 Å². The molecule has 1 atom stereocenters. The van der Waals surface area contributed by atoms with Crippen LogP contribution in [0.2, 0.25) is 0 Å². The molecule has 0 N–H and O–H groups in total. The Balaban J connectivity index is 2.40. The number of hydrogen-bond donors (Lipinski definition) is 0. The largest absolute Gasteiger partial charge is 0.239 e. The zero-order chi connectivity index (χ0) is 11.9. The fourth-order valence-electron chi connectivity index (χ4n) is 2.09. The van der Waals surface area contributed by atoms with E-state index in [-0.39, 0.29) is 17.7 Å². The standard InChI is InChI=1S/C14H18F2/c1-9(2)10-6-12(8-13(15)7-10)14(3,16)11-4-5-11/h6-9,11H,4-5H2,1-3H3. The fraction of sp³-hybridized carbons (Fsp3) is 0.571. The first kappa shape index (κ1) is 11.6. The predicted molar refractivity (Wildman–Crippen MR) is 61.7 cm³/mol. The highest BCUT2D eigenvalue weighted by Gasteiger charge is 2.43. The van der Waals surface area contributed by atoms with Gasteiger partial charge in [-0.2, -0.15) is 0 Å². The van der Waals surface area contributed by atoms with Gasteiger partial charge in [-0.3, -0.25) is 0 Å². The molecule has 1 fully saturated rings. The molecule has 0 aromatic heterocycles. The molecule has 0 spiro atoms. The average molecular weight is 224 g/mol. The number of rotatable bonds is 3. The number of alkyl halides is 1. The van der Waals surface area contributed by atoms with Crippen LogP contribution in [0.4, 0.5) is 8.78 Å². The van der Waals surface area contributed by atoms with Crippen molar-refractivity contribution in [1.29, 1.82) is 0 Å². The van der Waals surface area contributed by atoms with Gasteiger partial charge in [0.1, 0.15) is 11.5 Å². The van der Waals surface area contributed by atoms with E-state index in [0.29, 0.717) is 5.56 Å². The lowest BCUT2D eigenvalue weighted by molar-refractivity contribution is 0.158. The van der Waals surface area contributed by atoms with Crippen LogP contribution in [0.25, 0.3) is 0 Å². The van der Waals surface area contributed by atoms with E-state index in [9.17, 15) is 8.78 Å². The SMILES string of the molecule is CC(C)c1cc(F)cc(C(C)(F)C2CC2)c1. The summed E-state index contributed by atoms with van der Waals surface area (Å²) in [7, 11) is 0. The summed E-state index contributed by atoms with van der Waals surface area (Å²) in [6.07, 6.45) is 1.83. The molecule has 0 amide bonds. The van der Waals surface area contributed by atoms with E-state index in [1.807, 2.05) is 19.9 Å². The smallest absolute Gasteiger partial charge is 0.136 e. The normalized spacial score (nSPS) is 19.9. The molecule has 0 radical (unpaired) electrons. The Labute approximate surface area is 95.7 Å². The van der Waals surface area contributed by atoms with E-state index in [0.717, 1.165) is 18.4 Å². The molecule has 1 saturated carbocycles. The van der Waals surface area contributed by atoms with E-state index >= 15 is 0 Å². The van der Waals surface area contributed by atoms with Crippen molar-refractivity contribution in [3.8, 4) is 0 Å². The first-order valence-electron chi connectivity index (χ1n) is 5.91. The van der Waals surface area contributed by atoms with E-state index in [1.54, 1.807) is 6.92 Å². The summed E-state index contributed by atoms with van der Waals surface area (Å²) < 4.78 is 27.9. The van der Waals surface area contributed by atoms with Crippen molar-refractivity contribution in [1.82, 2.24) is 0 Å². The Morgan fingerprint density at radius 3 is 2.38 bits per heavy atom. The Bertz CT molecular complexity index is 390. The number of hydrogen-bond acceptors (Lipinski definition) is 0. The minimum atomic E-state index is -1.37. The molecule has 1 aliphatic rings. The van der Waals surface area contributed by atoms with Gasteiger partial charge in [-0.05, 0) is 54.9 Å². The van der Waals surface area contributed by atoms with Crippen LogP contribution in [0.5, 0.6) is 0 Å². The van der Waals surface area contributed by atoms with Crippen LogP contribution >= 0.6 is 0 Å². The highest BCUT2D eigenvalue weighted by atomic mass is 19.1. The summed E-state index contributed by atoms with van der Waals surface area (Å²) in [5, 5.41) is 0. The van der Waals surface area contributed by atoms with E-state index in [1.165, 1.54) is 12.1 Å². The van der Waals surface area contributed by atoms with Crippen molar-refractivity contribution >= 4 is 0 Å². The summed E-state index contributed by atoms with van der Waals surface area (Å²) in [5.74, 6) is -0.0236. The summed E-state index contributed by atoms with van der Waals surface area (Å²) in [5.41, 5.74) is 0.00405. The second-order valence-electron chi connectivity index (χ2n) is 5.28. The third kappa shape index (κ3) is 2.11. The number of benzene rings is 1. The van der Waals surface area contributed by atoms with Gasteiger partial charge >= 0.3 is 0 Å². The molecule has 88 valence electrons. The average Bonchev–Trinajstić information content (AvgIpc) is 2.99. The Kier molecular flexibility index (Phi) is 2.77. The van der Waals surface area contributed by atoms with Crippen LogP contribution in [0, 0.1) is 11.7 Å². The van der Waals surface area contributed by atoms with E-state index < -0.39 is 5.67 Å². The molecule has 1 unspecified atom stereocenters. The molecule has 0 heterocycles. The second kappa shape index (κ2) is 3.83. The monoisotopic (exact) mass is 224 g/mol. The third-order valence-corrected chi connectivity index (χ3v) is 3.50. The van der Waals surface area contributed by atoms with Gasteiger partial charge in [0.05, 0.1) is 0 Å². The van der Waals surface area contributed by atoms with Gasteiger partial charge in [0.2, 0.25) is 0 Å². The van der Waals surface area contributed by atoms with Crippen LogP contribution in [-0.4, -0.2) is 0 Å². The highest BCUT2D eigenvalue weighted by molar-refractivity contribution is 5.32. The van der Waals surface area contributed by atoms with E-state index in [2.05, 4.69) is 0 Å². The van der Waals surface area contributed by atoms with Gasteiger partial charge in [-0.1, -0.05) is 19.9 Å². The van der Waals surface area contributed by atoms with Gasteiger partial charge in [0.15, 0.2) is 0 Å². The molecule has 2 heteroatoms. The van der Waals surface area contributed by atoms with Crippen LogP contribution in [0.15, 0.2) is 18.2 Å². The van der Waals surface area contributed by atoms with Crippen molar-refractivity contribution < 1.29 is 8.78 Å². The zero-order valence-electron chi connectivity index (χ0n) is 10.1. The second-order valence-corrected chi connectivity index (χ2v) is 5.28. The fourth-order valence-corrected chi connectivity index (χ4v) is 2.09. The maximum absolute atomic E-state index is 14.5. The van der Waals surface area contributed by atoms with Crippen molar-refractivity contribution in [2.45, 2.75) is 45.2 Å². The molecule has 0 bridgehead atoms. The quantitative estimate of drug-likeness (QED) is 0.707. The molecule has 1 aromatic carbocycles. The summed E-state index contributed by atoms with van der Waals surface area (Å²) >= 11 is 0. The van der Waals surface area contributed by atoms with Gasteiger partial charge in [-0.25, -0.2) is 8.78 Å². The van der Waals surface area contributed by atoms with Crippen molar-refractivity contribution in [2.75, 3.05) is 0 Å². The summed E-state index contributed by atoms with van der Waals surface area (Å²) in [6.45, 7) is 5.56. The Morgan fingerprint density at radius 2 is 1.88 bits per heavy atom. The molecule has 2 rings (SSSR count). The van der Waals surface area contributed by atoms with E-state index in [4.69, 9.17) is 0 Å². The molecule has 1 aliphatic carbocycles. The minimum Gasteiger partial charge on any atom is -0.239 e. The number of halogens is 2. The first-order chi connectivity index (χ1) is 7.41. The van der Waals surface area contributed by atoms with Crippen LogP contribution < -0.4 is 0 Å². The Morgan fingerprint density at radius 1 is 1.25 bits per heavy atom. The lowest BCUT2D eigenvalue weighted by atomic mass is 9.89. The zero-order valence-corrected chi connectivity index (χ0v) is 10.1. The molecule has 16 heavy (non-hydrogen) atoms. The van der Waals surface area contributed by atoms with Crippen LogP contribution in [0.1, 0.15) is 50.7 Å². The molecular formula is C14H18F2. The predicted octanol–water partition coefficient (Wildman–Crippen LogP) is 4.54. The topological polar surface area (TPSA) is 0 Å². The first-order valence-corrected chi connectivity index (χ1v) is 5.91. The molecular weight excluding hydrogens is 206 g/mol. The molecule has 1 aromatic rings. The maximum atomic E-state index is 14.5. The van der Waals surface area contributed by atoms with Crippen LogP contribution in [-0.2, 0) is 5.67 Å². The van der Waals surface area contributed by atoms with Gasteiger partial charge in [-0.15, -0.1) is 0 Å². The van der Waals surface area contributed by atoms with Crippen LogP contribution in [0.3, 0.4) is 0 Å². The third-order valence-electron chi connectivity index (χ3n) is 3.50. The van der Waals surface area contributed by atoms with Crippen molar-refractivity contribution in [3.63, 3.8) is 0 Å². The lowest BCUT2D eigenvalue weighted by Crippen LogP contribution is -2.18. The lowest BCUT2D eigenvalue weighted by Gasteiger charge is -2.22.